The van der Waals surface area contributed by atoms with Crippen LogP contribution >= 0.6 is 11.6 Å². The number of aryl methyl sites for hydroxylation is 1. The Bertz CT molecular complexity index is 1280. The summed E-state index contributed by atoms with van der Waals surface area (Å²) >= 11 is 6.10. The number of ether oxygens (including phenoxy) is 1. The van der Waals surface area contributed by atoms with Gasteiger partial charge in [0.1, 0.15) is 17.9 Å². The highest BCUT2D eigenvalue weighted by Crippen LogP contribution is 2.45. The SMILES string of the molecule is COc1cc2ncnc(Nc3ccc(C)c(Cl)c3F)c2cc1N1CC2(CCN(C)CC2)CC1=O. The third-order valence-corrected chi connectivity index (χ3v) is 7.59. The summed E-state index contributed by atoms with van der Waals surface area (Å²) in [5.41, 5.74) is 2.16. The highest BCUT2D eigenvalue weighted by Gasteiger charge is 2.45. The van der Waals surface area contributed by atoms with Crippen LogP contribution in [0, 0.1) is 18.2 Å². The summed E-state index contributed by atoms with van der Waals surface area (Å²) in [6, 6.07) is 7.03. The maximum atomic E-state index is 14.8. The van der Waals surface area contributed by atoms with Crippen molar-refractivity contribution in [3.05, 3.63) is 47.0 Å². The molecule has 0 radical (unpaired) electrons. The summed E-state index contributed by atoms with van der Waals surface area (Å²) in [7, 11) is 3.70. The Morgan fingerprint density at radius 3 is 2.71 bits per heavy atom. The fourth-order valence-corrected chi connectivity index (χ4v) is 5.12. The van der Waals surface area contributed by atoms with Crippen molar-refractivity contribution < 1.29 is 13.9 Å². The lowest BCUT2D eigenvalue weighted by Crippen LogP contribution is -2.39. The van der Waals surface area contributed by atoms with E-state index in [-0.39, 0.29) is 22.0 Å². The number of piperidine rings is 1. The van der Waals surface area contributed by atoms with E-state index < -0.39 is 5.82 Å². The molecule has 1 N–H and O–H groups in total. The van der Waals surface area contributed by atoms with E-state index in [1.165, 1.54) is 6.33 Å². The first-order valence-corrected chi connectivity index (χ1v) is 11.7. The number of hydrogen-bond acceptors (Lipinski definition) is 6. The lowest BCUT2D eigenvalue weighted by Gasteiger charge is -2.37. The molecular weight excluding hydrogens is 457 g/mol. The zero-order valence-electron chi connectivity index (χ0n) is 19.5. The number of amides is 1. The molecule has 0 unspecified atom stereocenters. The molecule has 0 atom stereocenters. The molecule has 2 fully saturated rings. The van der Waals surface area contributed by atoms with Gasteiger partial charge >= 0.3 is 0 Å². The summed E-state index contributed by atoms with van der Waals surface area (Å²) in [5, 5.41) is 3.78. The summed E-state index contributed by atoms with van der Waals surface area (Å²) in [6.45, 7) is 4.38. The van der Waals surface area contributed by atoms with Crippen molar-refractivity contribution in [2.45, 2.75) is 26.2 Å². The molecule has 178 valence electrons. The molecule has 2 aliphatic rings. The van der Waals surface area contributed by atoms with Crippen LogP contribution in [0.25, 0.3) is 10.9 Å². The van der Waals surface area contributed by atoms with Gasteiger partial charge in [-0.2, -0.15) is 0 Å². The first-order chi connectivity index (χ1) is 16.3. The first kappa shape index (κ1) is 22.8. The van der Waals surface area contributed by atoms with E-state index in [0.29, 0.717) is 46.7 Å². The van der Waals surface area contributed by atoms with Crippen LogP contribution in [0.3, 0.4) is 0 Å². The second-order valence-corrected chi connectivity index (χ2v) is 9.78. The topological polar surface area (TPSA) is 70.6 Å². The van der Waals surface area contributed by atoms with Crippen LogP contribution in [0.5, 0.6) is 5.75 Å². The fraction of sp³-hybridized carbons (Fsp3) is 0.400. The minimum Gasteiger partial charge on any atom is -0.494 e. The predicted molar refractivity (Wildman–Crippen MR) is 132 cm³/mol. The van der Waals surface area contributed by atoms with Gasteiger partial charge in [-0.1, -0.05) is 17.7 Å². The Labute approximate surface area is 202 Å². The Hall–Kier alpha value is -2.97. The van der Waals surface area contributed by atoms with Crippen LogP contribution in [0.15, 0.2) is 30.6 Å². The molecule has 0 bridgehead atoms. The van der Waals surface area contributed by atoms with E-state index in [2.05, 4.69) is 27.2 Å². The Balaban J connectivity index is 1.55. The van der Waals surface area contributed by atoms with E-state index in [4.69, 9.17) is 16.3 Å². The number of carbonyl (C=O) groups excluding carboxylic acids is 1. The molecule has 5 rings (SSSR count). The third-order valence-electron chi connectivity index (χ3n) is 7.12. The standard InChI is InChI=1S/C25H27ClFN5O2/c1-15-4-5-17(23(27)22(15)26)30-24-16-10-19(20(34-3)11-18(16)28-14-29-24)32-13-25(12-21(32)33)6-8-31(2)9-7-25/h4-5,10-11,14H,6-9,12-13H2,1-3H3,(H,28,29,30). The van der Waals surface area contributed by atoms with Crippen molar-refractivity contribution in [2.24, 2.45) is 5.41 Å². The van der Waals surface area contributed by atoms with Crippen LogP contribution in [0.2, 0.25) is 5.02 Å². The molecule has 3 aromatic rings. The zero-order valence-corrected chi connectivity index (χ0v) is 20.2. The van der Waals surface area contributed by atoms with Gasteiger partial charge in [-0.05, 0) is 63.0 Å². The van der Waals surface area contributed by atoms with Crippen molar-refractivity contribution >= 4 is 45.6 Å². The maximum absolute atomic E-state index is 14.8. The minimum atomic E-state index is -0.541. The van der Waals surface area contributed by atoms with Crippen LogP contribution in [-0.4, -0.2) is 54.6 Å². The smallest absolute Gasteiger partial charge is 0.227 e. The molecule has 1 spiro atoms. The molecule has 9 heteroatoms. The third kappa shape index (κ3) is 3.95. The molecule has 2 aromatic carbocycles. The average molecular weight is 484 g/mol. The molecule has 1 aromatic heterocycles. The molecule has 2 saturated heterocycles. The summed E-state index contributed by atoms with van der Waals surface area (Å²) in [5.74, 6) is 0.541. The van der Waals surface area contributed by atoms with Gasteiger partial charge < -0.3 is 19.9 Å². The second-order valence-electron chi connectivity index (χ2n) is 9.41. The largest absolute Gasteiger partial charge is 0.494 e. The number of anilines is 3. The fourth-order valence-electron chi connectivity index (χ4n) is 4.96. The number of nitrogens with zero attached hydrogens (tertiary/aromatic N) is 4. The number of rotatable bonds is 4. The molecule has 0 aliphatic carbocycles. The number of likely N-dealkylation sites (tertiary alicyclic amines) is 1. The number of fused-ring (bicyclic) bond motifs is 1. The lowest BCUT2D eigenvalue weighted by atomic mass is 9.78. The zero-order chi connectivity index (χ0) is 24.0. The Morgan fingerprint density at radius 2 is 1.97 bits per heavy atom. The van der Waals surface area contributed by atoms with Crippen molar-refractivity contribution in [3.63, 3.8) is 0 Å². The van der Waals surface area contributed by atoms with Gasteiger partial charge in [0.2, 0.25) is 5.91 Å². The number of carbonyl (C=O) groups is 1. The normalized spacial score (nSPS) is 18.1. The molecule has 3 heterocycles. The summed E-state index contributed by atoms with van der Waals surface area (Å²) in [6.07, 6.45) is 3.92. The van der Waals surface area contributed by atoms with E-state index >= 15 is 0 Å². The van der Waals surface area contributed by atoms with Gasteiger partial charge in [-0.15, -0.1) is 0 Å². The van der Waals surface area contributed by atoms with Gasteiger partial charge in [-0.3, -0.25) is 4.79 Å². The Kier molecular flexibility index (Phi) is 5.81. The number of halogens is 2. The van der Waals surface area contributed by atoms with Crippen LogP contribution in [0.4, 0.5) is 21.6 Å². The van der Waals surface area contributed by atoms with Gasteiger partial charge in [0.25, 0.3) is 0 Å². The van der Waals surface area contributed by atoms with E-state index in [9.17, 15) is 9.18 Å². The van der Waals surface area contributed by atoms with Gasteiger partial charge in [0.05, 0.1) is 29.0 Å². The van der Waals surface area contributed by atoms with Crippen molar-refractivity contribution in [1.82, 2.24) is 14.9 Å². The lowest BCUT2D eigenvalue weighted by molar-refractivity contribution is -0.118. The minimum absolute atomic E-state index is 0.0143. The summed E-state index contributed by atoms with van der Waals surface area (Å²) < 4.78 is 20.4. The van der Waals surface area contributed by atoms with Gasteiger partial charge in [-0.25, -0.2) is 14.4 Å². The number of methoxy groups -OCH3 is 1. The molecule has 7 nitrogen and oxygen atoms in total. The highest BCUT2D eigenvalue weighted by atomic mass is 35.5. The van der Waals surface area contributed by atoms with Crippen molar-refractivity contribution in [3.8, 4) is 5.75 Å². The van der Waals surface area contributed by atoms with Gasteiger partial charge in [0.15, 0.2) is 5.82 Å². The Morgan fingerprint density at radius 1 is 1.21 bits per heavy atom. The van der Waals surface area contributed by atoms with Crippen molar-refractivity contribution in [2.75, 3.05) is 44.0 Å². The quantitative estimate of drug-likeness (QED) is 0.567. The second kappa shape index (κ2) is 8.67. The van der Waals surface area contributed by atoms with Gasteiger partial charge in [0, 0.05) is 24.4 Å². The number of aromatic nitrogens is 2. The monoisotopic (exact) mass is 483 g/mol. The van der Waals surface area contributed by atoms with Crippen LogP contribution in [-0.2, 0) is 4.79 Å². The molecule has 0 saturated carbocycles. The molecule has 2 aliphatic heterocycles. The van der Waals surface area contributed by atoms with E-state index in [0.717, 1.165) is 25.9 Å². The number of nitrogens with one attached hydrogen (secondary N) is 1. The number of benzene rings is 2. The number of hydrogen-bond donors (Lipinski definition) is 1. The molecule has 1 amide bonds. The summed E-state index contributed by atoms with van der Waals surface area (Å²) in [4.78, 5) is 26.0. The maximum Gasteiger partial charge on any atom is 0.227 e. The first-order valence-electron chi connectivity index (χ1n) is 11.3. The molecule has 34 heavy (non-hydrogen) atoms. The highest BCUT2D eigenvalue weighted by molar-refractivity contribution is 6.31. The van der Waals surface area contributed by atoms with Crippen molar-refractivity contribution in [1.29, 1.82) is 0 Å². The molecular formula is C25H27ClFN5O2. The van der Waals surface area contributed by atoms with Crippen LogP contribution < -0.4 is 15.0 Å². The predicted octanol–water partition coefficient (Wildman–Crippen LogP) is 4.93. The average Bonchev–Trinajstić information content (AvgIpc) is 3.16. The van der Waals surface area contributed by atoms with E-state index in [1.807, 2.05) is 11.0 Å². The van der Waals surface area contributed by atoms with Crippen LogP contribution in [0.1, 0.15) is 24.8 Å². The van der Waals surface area contributed by atoms with E-state index in [1.54, 1.807) is 32.2 Å².